The molecule has 1 aromatic carbocycles. The smallest absolute Gasteiger partial charge is 0.316 e. The number of methoxy groups -OCH3 is 2. The summed E-state index contributed by atoms with van der Waals surface area (Å²) in [6, 6.07) is 11.3. The molecule has 0 fully saturated rings. The lowest BCUT2D eigenvalue weighted by atomic mass is 10.2. The number of benzene rings is 1. The summed E-state index contributed by atoms with van der Waals surface area (Å²) in [7, 11) is 2.97. The van der Waals surface area contributed by atoms with Crippen LogP contribution in [0.1, 0.15) is 0 Å². The van der Waals surface area contributed by atoms with E-state index in [1.807, 2.05) is 41.0 Å². The molecule has 0 amide bonds. The molecule has 25 heavy (non-hydrogen) atoms. The maximum absolute atomic E-state index is 11.5. The molecule has 2 aromatic heterocycles. The van der Waals surface area contributed by atoms with E-state index >= 15 is 0 Å². The number of ether oxygens (including phenoxy) is 2. The first-order valence-electron chi connectivity index (χ1n) is 7.43. The summed E-state index contributed by atoms with van der Waals surface area (Å²) in [5, 5.41) is 9.12. The van der Waals surface area contributed by atoms with Gasteiger partial charge >= 0.3 is 5.97 Å². The Bertz CT molecular complexity index is 867. The summed E-state index contributed by atoms with van der Waals surface area (Å²) in [4.78, 5) is 15.5. The summed E-state index contributed by atoms with van der Waals surface area (Å²) in [6.45, 7) is 0. The third kappa shape index (κ3) is 3.80. The van der Waals surface area contributed by atoms with Gasteiger partial charge in [-0.2, -0.15) is 0 Å². The maximum atomic E-state index is 11.5. The fourth-order valence-electron chi connectivity index (χ4n) is 2.22. The van der Waals surface area contributed by atoms with Crippen molar-refractivity contribution in [2.24, 2.45) is 0 Å². The highest BCUT2D eigenvalue weighted by atomic mass is 32.2. The number of thioether (sulfide) groups is 1. The van der Waals surface area contributed by atoms with Gasteiger partial charge in [0.05, 0.1) is 25.7 Å². The minimum absolute atomic E-state index is 0.148. The van der Waals surface area contributed by atoms with Crippen LogP contribution < -0.4 is 4.74 Å². The molecule has 0 saturated carbocycles. The van der Waals surface area contributed by atoms with Gasteiger partial charge in [0.25, 0.3) is 0 Å². The van der Waals surface area contributed by atoms with E-state index in [0.717, 1.165) is 17.0 Å². The molecule has 0 radical (unpaired) electrons. The highest BCUT2D eigenvalue weighted by Gasteiger charge is 2.17. The summed E-state index contributed by atoms with van der Waals surface area (Å²) >= 11 is 1.26. The molecule has 0 aliphatic rings. The van der Waals surface area contributed by atoms with Crippen LogP contribution in [-0.4, -0.2) is 45.7 Å². The average Bonchev–Trinajstić information content (AvgIpc) is 3.10. The Balaban J connectivity index is 2.07. The molecule has 128 valence electrons. The number of carbonyl (C=O) groups is 1. The van der Waals surface area contributed by atoms with Crippen LogP contribution in [0.4, 0.5) is 0 Å². The molecule has 0 bridgehead atoms. The molecule has 3 aromatic rings. The number of nitrogens with zero attached hydrogens (tertiary/aromatic N) is 4. The van der Waals surface area contributed by atoms with Gasteiger partial charge in [-0.15, -0.1) is 10.2 Å². The molecule has 0 spiro atoms. The standard InChI is InChI=1S/C17H16N4O3S/c1-23-14-5-3-4-13(10-14)21-16(12-6-8-18-9-7-12)19-20-17(21)25-11-15(22)24-2/h3-10H,11H2,1-2H3. The van der Waals surface area contributed by atoms with Gasteiger partial charge in [0.1, 0.15) is 5.75 Å². The molecule has 0 saturated heterocycles. The number of rotatable bonds is 6. The van der Waals surface area contributed by atoms with Gasteiger partial charge in [-0.05, 0) is 24.3 Å². The van der Waals surface area contributed by atoms with Crippen LogP contribution in [0.25, 0.3) is 17.1 Å². The SMILES string of the molecule is COC(=O)CSc1nnc(-c2ccncc2)n1-c1cccc(OC)c1. The highest BCUT2D eigenvalue weighted by Crippen LogP contribution is 2.29. The molecule has 0 atom stereocenters. The molecule has 8 heteroatoms. The van der Waals surface area contributed by atoms with Crippen LogP contribution >= 0.6 is 11.8 Å². The van der Waals surface area contributed by atoms with Crippen LogP contribution in [0.2, 0.25) is 0 Å². The Morgan fingerprint density at radius 2 is 1.96 bits per heavy atom. The normalized spacial score (nSPS) is 10.5. The predicted octanol–water partition coefficient (Wildman–Crippen LogP) is 2.60. The average molecular weight is 356 g/mol. The van der Waals surface area contributed by atoms with Gasteiger partial charge in [0.15, 0.2) is 11.0 Å². The van der Waals surface area contributed by atoms with Crippen molar-refractivity contribution in [2.45, 2.75) is 5.16 Å². The molecular weight excluding hydrogens is 340 g/mol. The zero-order valence-corrected chi connectivity index (χ0v) is 14.6. The van der Waals surface area contributed by atoms with Crippen molar-refractivity contribution >= 4 is 17.7 Å². The summed E-state index contributed by atoms with van der Waals surface area (Å²) < 4.78 is 11.9. The van der Waals surface area contributed by atoms with Crippen molar-refractivity contribution in [3.63, 3.8) is 0 Å². The lowest BCUT2D eigenvalue weighted by Gasteiger charge is -2.11. The Kier molecular flexibility index (Phi) is 5.30. The zero-order valence-electron chi connectivity index (χ0n) is 13.7. The number of pyridine rings is 1. The lowest BCUT2D eigenvalue weighted by molar-refractivity contribution is -0.137. The number of aromatic nitrogens is 4. The van der Waals surface area contributed by atoms with Crippen LogP contribution in [-0.2, 0) is 9.53 Å². The minimum Gasteiger partial charge on any atom is -0.497 e. The molecule has 2 heterocycles. The van der Waals surface area contributed by atoms with E-state index in [9.17, 15) is 4.79 Å². The fraction of sp³-hybridized carbons (Fsp3) is 0.176. The molecule has 0 N–H and O–H groups in total. The third-order valence-electron chi connectivity index (χ3n) is 3.43. The maximum Gasteiger partial charge on any atom is 0.316 e. The van der Waals surface area contributed by atoms with Crippen LogP contribution in [0, 0.1) is 0 Å². The quantitative estimate of drug-likeness (QED) is 0.496. The summed E-state index contributed by atoms with van der Waals surface area (Å²) in [5.74, 6) is 1.20. The van der Waals surface area contributed by atoms with Crippen LogP contribution in [0.5, 0.6) is 5.75 Å². The van der Waals surface area contributed by atoms with E-state index in [0.29, 0.717) is 11.0 Å². The topological polar surface area (TPSA) is 79.1 Å². The first kappa shape index (κ1) is 17.0. The van der Waals surface area contributed by atoms with Crippen LogP contribution in [0.3, 0.4) is 0 Å². The van der Waals surface area contributed by atoms with E-state index < -0.39 is 0 Å². The second-order valence-electron chi connectivity index (χ2n) is 4.94. The third-order valence-corrected chi connectivity index (χ3v) is 4.33. The van der Waals surface area contributed by atoms with Crippen molar-refractivity contribution in [2.75, 3.05) is 20.0 Å². The van der Waals surface area contributed by atoms with E-state index in [-0.39, 0.29) is 11.7 Å². The van der Waals surface area contributed by atoms with Gasteiger partial charge in [-0.25, -0.2) is 0 Å². The number of carbonyl (C=O) groups excluding carboxylic acids is 1. The molecular formula is C17H16N4O3S. The Hall–Kier alpha value is -2.87. The summed E-state index contributed by atoms with van der Waals surface area (Å²) in [5.41, 5.74) is 1.71. The van der Waals surface area contributed by atoms with E-state index in [1.165, 1.54) is 18.9 Å². The number of hydrogen-bond acceptors (Lipinski definition) is 7. The number of hydrogen-bond donors (Lipinski definition) is 0. The van der Waals surface area contributed by atoms with Gasteiger partial charge < -0.3 is 9.47 Å². The Morgan fingerprint density at radius 3 is 2.68 bits per heavy atom. The lowest BCUT2D eigenvalue weighted by Crippen LogP contribution is -2.05. The van der Waals surface area contributed by atoms with Crippen LogP contribution in [0.15, 0.2) is 53.9 Å². The van der Waals surface area contributed by atoms with E-state index in [4.69, 9.17) is 9.47 Å². The van der Waals surface area contributed by atoms with Gasteiger partial charge in [0, 0.05) is 24.0 Å². The predicted molar refractivity (Wildman–Crippen MR) is 93.9 cm³/mol. The molecule has 0 unspecified atom stereocenters. The molecule has 0 aliphatic heterocycles. The van der Waals surface area contributed by atoms with Gasteiger partial charge in [-0.3, -0.25) is 14.3 Å². The van der Waals surface area contributed by atoms with Crippen molar-refractivity contribution in [1.82, 2.24) is 19.7 Å². The minimum atomic E-state index is -0.323. The monoisotopic (exact) mass is 356 g/mol. The largest absolute Gasteiger partial charge is 0.497 e. The Labute approximate surface area is 149 Å². The summed E-state index contributed by atoms with van der Waals surface area (Å²) in [6.07, 6.45) is 3.39. The van der Waals surface area contributed by atoms with Crippen molar-refractivity contribution in [3.8, 4) is 22.8 Å². The van der Waals surface area contributed by atoms with Crippen molar-refractivity contribution < 1.29 is 14.3 Å². The molecule has 3 rings (SSSR count). The first-order valence-corrected chi connectivity index (χ1v) is 8.41. The van der Waals surface area contributed by atoms with E-state index in [1.54, 1.807) is 19.5 Å². The highest BCUT2D eigenvalue weighted by molar-refractivity contribution is 7.99. The fourth-order valence-corrected chi connectivity index (χ4v) is 3.00. The van der Waals surface area contributed by atoms with Gasteiger partial charge in [0.2, 0.25) is 0 Å². The Morgan fingerprint density at radius 1 is 1.16 bits per heavy atom. The zero-order chi connectivity index (χ0) is 17.6. The number of esters is 1. The second-order valence-corrected chi connectivity index (χ2v) is 5.89. The van der Waals surface area contributed by atoms with Gasteiger partial charge in [-0.1, -0.05) is 17.8 Å². The second kappa shape index (κ2) is 7.80. The molecule has 0 aliphatic carbocycles. The molecule has 7 nitrogen and oxygen atoms in total. The van der Waals surface area contributed by atoms with Crippen molar-refractivity contribution in [3.05, 3.63) is 48.8 Å². The van der Waals surface area contributed by atoms with Crippen molar-refractivity contribution in [1.29, 1.82) is 0 Å². The first-order chi connectivity index (χ1) is 12.2. The van der Waals surface area contributed by atoms with E-state index in [2.05, 4.69) is 15.2 Å².